The van der Waals surface area contributed by atoms with E-state index in [1.165, 1.54) is 0 Å². The molecule has 0 aliphatic rings. The average molecular weight is 330 g/mol. The molecule has 1 aromatic carbocycles. The lowest BCUT2D eigenvalue weighted by Gasteiger charge is -2.13. The number of aliphatic hydroxyl groups excluding tert-OH is 1. The molecular weight excluding hydrogens is 310 g/mol. The van der Waals surface area contributed by atoms with Crippen LogP contribution < -0.4 is 10.1 Å². The first kappa shape index (κ1) is 16.0. The van der Waals surface area contributed by atoms with Gasteiger partial charge in [-0.05, 0) is 53.9 Å². The Morgan fingerprint density at radius 2 is 2.26 bits per heavy atom. The van der Waals surface area contributed by atoms with Crippen molar-refractivity contribution < 1.29 is 14.6 Å². The van der Waals surface area contributed by atoms with Crippen LogP contribution in [0.1, 0.15) is 25.3 Å². The number of ether oxygens (including phenoxy) is 1. The molecule has 106 valence electrons. The van der Waals surface area contributed by atoms with E-state index in [2.05, 4.69) is 21.2 Å². The molecule has 19 heavy (non-hydrogen) atoms. The summed E-state index contributed by atoms with van der Waals surface area (Å²) in [6, 6.07) is 5.80. The van der Waals surface area contributed by atoms with Crippen molar-refractivity contribution in [2.45, 2.75) is 32.7 Å². The summed E-state index contributed by atoms with van der Waals surface area (Å²) in [5, 5.41) is 11.5. The van der Waals surface area contributed by atoms with Gasteiger partial charge in [0.25, 0.3) is 0 Å². The minimum absolute atomic E-state index is 0.0105. The van der Waals surface area contributed by atoms with Crippen LogP contribution in [0.4, 0.5) is 0 Å². The van der Waals surface area contributed by atoms with E-state index in [0.717, 1.165) is 15.8 Å². The maximum atomic E-state index is 11.6. The Labute approximate surface area is 122 Å². The lowest BCUT2D eigenvalue weighted by atomic mass is 10.2. The third-order valence-electron chi connectivity index (χ3n) is 2.64. The molecule has 0 fully saturated rings. The first-order chi connectivity index (χ1) is 9.02. The van der Waals surface area contributed by atoms with Gasteiger partial charge < -0.3 is 15.2 Å². The standard InChI is InChI=1S/C14H20BrNO3/c1-10-3-4-13(12(15)9-10)19-8-6-14(18)16-11(2)5-7-17/h3-4,9,11,17H,5-8H2,1-2H3,(H,16,18). The van der Waals surface area contributed by atoms with Gasteiger partial charge in [-0.25, -0.2) is 0 Å². The van der Waals surface area contributed by atoms with E-state index in [0.29, 0.717) is 19.4 Å². The lowest BCUT2D eigenvalue weighted by Crippen LogP contribution is -2.33. The zero-order chi connectivity index (χ0) is 14.3. The van der Waals surface area contributed by atoms with Crippen molar-refractivity contribution in [1.82, 2.24) is 5.32 Å². The fraction of sp³-hybridized carbons (Fsp3) is 0.500. The number of hydrogen-bond acceptors (Lipinski definition) is 3. The van der Waals surface area contributed by atoms with Crippen molar-refractivity contribution in [2.75, 3.05) is 13.2 Å². The van der Waals surface area contributed by atoms with E-state index >= 15 is 0 Å². The van der Waals surface area contributed by atoms with Gasteiger partial charge >= 0.3 is 0 Å². The monoisotopic (exact) mass is 329 g/mol. The summed E-state index contributed by atoms with van der Waals surface area (Å²) in [6.45, 7) is 4.28. The molecule has 1 unspecified atom stereocenters. The zero-order valence-electron chi connectivity index (χ0n) is 11.3. The molecule has 1 rings (SSSR count). The fourth-order valence-corrected chi connectivity index (χ4v) is 2.20. The summed E-state index contributed by atoms with van der Waals surface area (Å²) in [7, 11) is 0. The lowest BCUT2D eigenvalue weighted by molar-refractivity contribution is -0.122. The Bertz CT molecular complexity index is 423. The van der Waals surface area contributed by atoms with Crippen molar-refractivity contribution in [3.63, 3.8) is 0 Å². The summed E-state index contributed by atoms with van der Waals surface area (Å²) in [5.74, 6) is 0.672. The van der Waals surface area contributed by atoms with E-state index in [1.807, 2.05) is 32.0 Å². The maximum absolute atomic E-state index is 11.6. The minimum Gasteiger partial charge on any atom is -0.492 e. The summed E-state index contributed by atoms with van der Waals surface area (Å²) in [4.78, 5) is 11.6. The highest BCUT2D eigenvalue weighted by Crippen LogP contribution is 2.25. The van der Waals surface area contributed by atoms with Crippen molar-refractivity contribution in [2.24, 2.45) is 0 Å². The van der Waals surface area contributed by atoms with Crippen molar-refractivity contribution in [3.05, 3.63) is 28.2 Å². The third-order valence-corrected chi connectivity index (χ3v) is 3.26. The molecule has 0 radical (unpaired) electrons. The van der Waals surface area contributed by atoms with E-state index < -0.39 is 0 Å². The van der Waals surface area contributed by atoms with Crippen LogP contribution in [-0.2, 0) is 4.79 Å². The SMILES string of the molecule is Cc1ccc(OCCC(=O)NC(C)CCO)c(Br)c1. The molecule has 1 atom stereocenters. The third kappa shape index (κ3) is 6.07. The molecule has 1 aromatic rings. The molecular formula is C14H20BrNO3. The average Bonchev–Trinajstić information content (AvgIpc) is 2.32. The number of hydrogen-bond donors (Lipinski definition) is 2. The van der Waals surface area contributed by atoms with E-state index in [-0.39, 0.29) is 18.6 Å². The Hall–Kier alpha value is -1.07. The van der Waals surface area contributed by atoms with Gasteiger partial charge in [-0.3, -0.25) is 4.79 Å². The first-order valence-corrected chi connectivity index (χ1v) is 7.11. The number of aliphatic hydroxyl groups is 1. The van der Waals surface area contributed by atoms with Gasteiger partial charge in [-0.1, -0.05) is 6.07 Å². The van der Waals surface area contributed by atoms with Gasteiger partial charge in [0.2, 0.25) is 5.91 Å². The second-order valence-corrected chi connectivity index (χ2v) is 5.37. The van der Waals surface area contributed by atoms with Gasteiger partial charge in [-0.2, -0.15) is 0 Å². The number of carbonyl (C=O) groups excluding carboxylic acids is 1. The number of carbonyl (C=O) groups is 1. The van der Waals surface area contributed by atoms with Crippen molar-refractivity contribution in [3.8, 4) is 5.75 Å². The number of halogens is 1. The number of nitrogens with one attached hydrogen (secondary N) is 1. The molecule has 0 saturated heterocycles. The second kappa shape index (κ2) is 8.17. The Morgan fingerprint density at radius 1 is 1.53 bits per heavy atom. The van der Waals surface area contributed by atoms with Gasteiger partial charge in [0.05, 0.1) is 17.5 Å². The second-order valence-electron chi connectivity index (χ2n) is 4.51. The molecule has 4 nitrogen and oxygen atoms in total. The first-order valence-electron chi connectivity index (χ1n) is 6.32. The molecule has 0 spiro atoms. The van der Waals surface area contributed by atoms with Crippen LogP contribution in [-0.4, -0.2) is 30.3 Å². The molecule has 0 bridgehead atoms. The zero-order valence-corrected chi connectivity index (χ0v) is 12.9. The van der Waals surface area contributed by atoms with Crippen LogP contribution >= 0.6 is 15.9 Å². The predicted molar refractivity (Wildman–Crippen MR) is 78.3 cm³/mol. The highest BCUT2D eigenvalue weighted by Gasteiger charge is 2.07. The molecule has 0 saturated carbocycles. The van der Waals surface area contributed by atoms with Gasteiger partial charge in [0.15, 0.2) is 0 Å². The number of aryl methyl sites for hydroxylation is 1. The summed E-state index contributed by atoms with van der Waals surface area (Å²) in [5.41, 5.74) is 1.15. The minimum atomic E-state index is -0.0656. The maximum Gasteiger partial charge on any atom is 0.223 e. The van der Waals surface area contributed by atoms with Gasteiger partial charge in [-0.15, -0.1) is 0 Å². The van der Waals surface area contributed by atoms with Crippen molar-refractivity contribution in [1.29, 1.82) is 0 Å². The fourth-order valence-electron chi connectivity index (χ4n) is 1.59. The number of amides is 1. The van der Waals surface area contributed by atoms with Gasteiger partial charge in [0, 0.05) is 12.6 Å². The van der Waals surface area contributed by atoms with Crippen LogP contribution in [0.15, 0.2) is 22.7 Å². The Morgan fingerprint density at radius 3 is 2.89 bits per heavy atom. The number of benzene rings is 1. The normalized spacial score (nSPS) is 12.0. The molecule has 2 N–H and O–H groups in total. The van der Waals surface area contributed by atoms with E-state index in [1.54, 1.807) is 0 Å². The molecule has 0 aliphatic heterocycles. The van der Waals surface area contributed by atoms with E-state index in [9.17, 15) is 4.79 Å². The van der Waals surface area contributed by atoms with Crippen molar-refractivity contribution >= 4 is 21.8 Å². The van der Waals surface area contributed by atoms with Crippen LogP contribution in [0.3, 0.4) is 0 Å². The highest BCUT2D eigenvalue weighted by atomic mass is 79.9. The largest absolute Gasteiger partial charge is 0.492 e. The molecule has 0 aromatic heterocycles. The van der Waals surface area contributed by atoms with Crippen LogP contribution in [0.5, 0.6) is 5.75 Å². The van der Waals surface area contributed by atoms with Crippen LogP contribution in [0, 0.1) is 6.92 Å². The van der Waals surface area contributed by atoms with Crippen LogP contribution in [0.2, 0.25) is 0 Å². The molecule has 0 aliphatic carbocycles. The Balaban J connectivity index is 2.31. The summed E-state index contributed by atoms with van der Waals surface area (Å²) in [6.07, 6.45) is 0.867. The summed E-state index contributed by atoms with van der Waals surface area (Å²) >= 11 is 3.42. The summed E-state index contributed by atoms with van der Waals surface area (Å²) < 4.78 is 6.44. The highest BCUT2D eigenvalue weighted by molar-refractivity contribution is 9.10. The molecule has 0 heterocycles. The Kier molecular flexibility index (Phi) is 6.87. The molecule has 1 amide bonds. The topological polar surface area (TPSA) is 58.6 Å². The van der Waals surface area contributed by atoms with Gasteiger partial charge in [0.1, 0.15) is 5.75 Å². The van der Waals surface area contributed by atoms with Crippen LogP contribution in [0.25, 0.3) is 0 Å². The quantitative estimate of drug-likeness (QED) is 0.807. The molecule has 5 heteroatoms. The van der Waals surface area contributed by atoms with E-state index in [4.69, 9.17) is 9.84 Å². The number of rotatable bonds is 7. The smallest absolute Gasteiger partial charge is 0.223 e. The predicted octanol–water partition coefficient (Wildman–Crippen LogP) is 2.41.